The van der Waals surface area contributed by atoms with Crippen LogP contribution in [0.2, 0.25) is 39.3 Å². The van der Waals surface area contributed by atoms with Crippen LogP contribution in [0.15, 0.2) is 49.1 Å². The third-order valence-electron chi connectivity index (χ3n) is 10.6. The number of H-pyrrole nitrogens is 2. The van der Waals surface area contributed by atoms with E-state index in [1.165, 1.54) is 49.4 Å². The zero-order valence-corrected chi connectivity index (χ0v) is 28.6. The smallest absolute Gasteiger partial charge is 0.0774 e. The number of aromatic nitrogens is 2. The Morgan fingerprint density at radius 1 is 0.842 bits per heavy atom. The van der Waals surface area contributed by atoms with E-state index in [9.17, 15) is 0 Å². The van der Waals surface area contributed by atoms with Gasteiger partial charge in [0.2, 0.25) is 0 Å². The van der Waals surface area contributed by atoms with Crippen LogP contribution in [0.25, 0.3) is 0 Å². The van der Waals surface area contributed by atoms with E-state index in [1.54, 1.807) is 21.5 Å². The highest BCUT2D eigenvalue weighted by Gasteiger charge is 2.58. The molecule has 4 aliphatic rings. The van der Waals surface area contributed by atoms with Crippen LogP contribution in [0.4, 0.5) is 0 Å². The van der Waals surface area contributed by atoms with E-state index >= 15 is 0 Å². The van der Waals surface area contributed by atoms with Gasteiger partial charge in [0.05, 0.1) is 21.3 Å². The molecule has 7 rings (SSSR count). The Labute approximate surface area is 237 Å². The van der Waals surface area contributed by atoms with Gasteiger partial charge in [-0.2, -0.15) is 0 Å². The number of aromatic amines is 2. The highest BCUT2D eigenvalue weighted by atomic mass is 31.0. The fourth-order valence-corrected chi connectivity index (χ4v) is 15.8. The Morgan fingerprint density at radius 2 is 1.37 bits per heavy atom. The van der Waals surface area contributed by atoms with Crippen LogP contribution in [0.3, 0.4) is 0 Å². The standard InChI is InChI=1S/C32H48N2P2Si2/c1-37(2,3)29-14-26(31-16-21-11-22(17-31)13-23(12-21)28(31)20-35)27(15-30(29)38(4,5)6)32(36,24-7-9-33-18-24)25-8-10-34-19-25/h7-10,14-15,18-19,21-23,28,33-34H,11-13,16-17,20,35-36H2,1-6H3. The quantitative estimate of drug-likeness (QED) is 0.220. The van der Waals surface area contributed by atoms with Crippen LogP contribution < -0.4 is 10.4 Å². The van der Waals surface area contributed by atoms with Crippen LogP contribution in [0.5, 0.6) is 0 Å². The molecule has 2 N–H and O–H groups in total. The van der Waals surface area contributed by atoms with Gasteiger partial charge in [-0.15, -0.1) is 18.5 Å². The van der Waals surface area contributed by atoms with Crippen molar-refractivity contribution < 1.29 is 0 Å². The molecule has 204 valence electrons. The highest BCUT2D eigenvalue weighted by molar-refractivity contribution is 7.19. The molecule has 5 atom stereocenters. The van der Waals surface area contributed by atoms with Crippen molar-refractivity contribution in [2.45, 2.75) is 82.0 Å². The van der Waals surface area contributed by atoms with Crippen molar-refractivity contribution in [3.8, 4) is 0 Å². The molecule has 0 radical (unpaired) electrons. The molecule has 2 aromatic heterocycles. The van der Waals surface area contributed by atoms with Crippen LogP contribution in [-0.4, -0.2) is 32.3 Å². The van der Waals surface area contributed by atoms with Gasteiger partial charge >= 0.3 is 0 Å². The lowest BCUT2D eigenvalue weighted by Gasteiger charge is -2.62. The summed E-state index contributed by atoms with van der Waals surface area (Å²) >= 11 is 0. The van der Waals surface area contributed by atoms with Crippen LogP contribution in [-0.2, 0) is 10.6 Å². The zero-order valence-electron chi connectivity index (χ0n) is 24.3. The average molecular weight is 579 g/mol. The first-order valence-corrected chi connectivity index (χ1v) is 23.2. The van der Waals surface area contributed by atoms with Crippen molar-refractivity contribution in [3.05, 3.63) is 71.3 Å². The van der Waals surface area contributed by atoms with Crippen molar-refractivity contribution in [2.75, 3.05) is 6.16 Å². The van der Waals surface area contributed by atoms with E-state index in [-0.39, 0.29) is 5.16 Å². The molecule has 0 saturated heterocycles. The molecule has 1 aromatic carbocycles. The summed E-state index contributed by atoms with van der Waals surface area (Å²) < 4.78 is 0. The van der Waals surface area contributed by atoms with Crippen molar-refractivity contribution >= 4 is 45.0 Å². The largest absolute Gasteiger partial charge is 0.367 e. The minimum Gasteiger partial charge on any atom is -0.367 e. The van der Waals surface area contributed by atoms with Crippen LogP contribution >= 0.6 is 18.5 Å². The molecule has 5 unspecified atom stereocenters. The van der Waals surface area contributed by atoms with E-state index < -0.39 is 16.1 Å². The topological polar surface area (TPSA) is 31.6 Å². The molecule has 3 aromatic rings. The zero-order chi connectivity index (χ0) is 27.1. The average Bonchev–Trinajstić information content (AvgIpc) is 3.56. The molecule has 2 nitrogen and oxygen atoms in total. The summed E-state index contributed by atoms with van der Waals surface area (Å²) in [5.41, 5.74) is 6.26. The molecule has 0 aliphatic heterocycles. The lowest BCUT2D eigenvalue weighted by molar-refractivity contribution is -0.0521. The Balaban J connectivity index is 1.72. The van der Waals surface area contributed by atoms with Gasteiger partial charge in [0.25, 0.3) is 0 Å². The number of rotatable bonds is 7. The van der Waals surface area contributed by atoms with E-state index in [0.717, 1.165) is 23.7 Å². The lowest BCUT2D eigenvalue weighted by atomic mass is 9.43. The van der Waals surface area contributed by atoms with Gasteiger partial charge in [-0.05, 0) is 102 Å². The lowest BCUT2D eigenvalue weighted by Crippen LogP contribution is -2.60. The van der Waals surface area contributed by atoms with Gasteiger partial charge in [-0.3, -0.25) is 0 Å². The first-order chi connectivity index (χ1) is 17.9. The third kappa shape index (κ3) is 4.15. The van der Waals surface area contributed by atoms with E-state index in [4.69, 9.17) is 0 Å². The molecule has 6 heteroatoms. The fourth-order valence-electron chi connectivity index (χ4n) is 9.18. The fraction of sp³-hybridized carbons (Fsp3) is 0.562. The monoisotopic (exact) mass is 578 g/mol. The number of benzene rings is 1. The molecule has 4 bridgehead atoms. The molecular weight excluding hydrogens is 530 g/mol. The van der Waals surface area contributed by atoms with Gasteiger partial charge in [0.1, 0.15) is 0 Å². The summed E-state index contributed by atoms with van der Waals surface area (Å²) in [6.45, 7) is 15.4. The first-order valence-electron chi connectivity index (χ1n) is 14.8. The van der Waals surface area contributed by atoms with E-state index in [0.29, 0.717) is 5.41 Å². The highest BCUT2D eigenvalue weighted by Crippen LogP contribution is 2.65. The Hall–Kier alpha value is -0.926. The summed E-state index contributed by atoms with van der Waals surface area (Å²) in [5, 5.41) is 3.15. The molecular formula is C32H48N2P2Si2. The molecule has 4 saturated carbocycles. The molecule has 4 aliphatic carbocycles. The second kappa shape index (κ2) is 9.30. The SMILES string of the molecule is C[Si](C)(C)c1cc(C(P)(c2cc[nH]c2)c2cc[nH]c2)c(C23CC4CC(CC(C4)C2CP)C3)cc1[Si](C)(C)C. The maximum absolute atomic E-state index is 3.41. The van der Waals surface area contributed by atoms with Gasteiger partial charge in [0, 0.05) is 24.8 Å². The van der Waals surface area contributed by atoms with E-state index in [1.807, 2.05) is 0 Å². The van der Waals surface area contributed by atoms with Gasteiger partial charge in [0.15, 0.2) is 0 Å². The molecule has 2 heterocycles. The normalized spacial score (nSPS) is 29.3. The van der Waals surface area contributed by atoms with Crippen LogP contribution in [0.1, 0.15) is 54.4 Å². The third-order valence-corrected chi connectivity index (χ3v) is 16.4. The summed E-state index contributed by atoms with van der Waals surface area (Å²) in [7, 11) is 3.43. The second-order valence-corrected chi connectivity index (χ2v) is 26.5. The maximum Gasteiger partial charge on any atom is 0.0774 e. The van der Waals surface area contributed by atoms with Crippen molar-refractivity contribution in [2.24, 2.45) is 23.7 Å². The molecule has 0 amide bonds. The molecule has 0 spiro atoms. The second-order valence-electron chi connectivity index (χ2n) is 15.1. The molecule has 4 fully saturated rings. The Morgan fingerprint density at radius 3 is 1.82 bits per heavy atom. The van der Waals surface area contributed by atoms with E-state index in [2.05, 4.69) is 117 Å². The molecule has 38 heavy (non-hydrogen) atoms. The minimum absolute atomic E-state index is 0.281. The first kappa shape index (κ1) is 27.3. The number of hydrogen-bond donors (Lipinski definition) is 2. The minimum atomic E-state index is -1.60. The number of nitrogens with one attached hydrogen (secondary N) is 2. The maximum atomic E-state index is 3.41. The van der Waals surface area contributed by atoms with Crippen molar-refractivity contribution in [3.63, 3.8) is 0 Å². The summed E-state index contributed by atoms with van der Waals surface area (Å²) in [5.74, 6) is 3.51. The summed E-state index contributed by atoms with van der Waals surface area (Å²) in [4.78, 5) is 6.82. The van der Waals surface area contributed by atoms with Gasteiger partial charge in [-0.1, -0.05) is 61.8 Å². The van der Waals surface area contributed by atoms with Crippen molar-refractivity contribution in [1.82, 2.24) is 9.97 Å². The van der Waals surface area contributed by atoms with Gasteiger partial charge < -0.3 is 9.97 Å². The van der Waals surface area contributed by atoms with Crippen LogP contribution in [0, 0.1) is 23.7 Å². The summed E-state index contributed by atoms with van der Waals surface area (Å²) in [6, 6.07) is 10.2. The van der Waals surface area contributed by atoms with Gasteiger partial charge in [-0.25, -0.2) is 0 Å². The summed E-state index contributed by atoms with van der Waals surface area (Å²) in [6.07, 6.45) is 17.1. The van der Waals surface area contributed by atoms with Crippen molar-refractivity contribution in [1.29, 1.82) is 0 Å². The predicted molar refractivity (Wildman–Crippen MR) is 177 cm³/mol. The number of hydrogen-bond acceptors (Lipinski definition) is 0. The Bertz CT molecular complexity index is 1250. The predicted octanol–water partition coefficient (Wildman–Crippen LogP) is 7.17. The Kier molecular flexibility index (Phi) is 6.67.